The van der Waals surface area contributed by atoms with Gasteiger partial charge in [0, 0.05) is 11.6 Å². The fourth-order valence-corrected chi connectivity index (χ4v) is 3.74. The minimum absolute atomic E-state index is 0.240. The van der Waals surface area contributed by atoms with Gasteiger partial charge in [0.25, 0.3) is 10.0 Å². The summed E-state index contributed by atoms with van der Waals surface area (Å²) in [5.41, 5.74) is 3.11. The number of aromatic nitrogens is 1. The van der Waals surface area contributed by atoms with Gasteiger partial charge in [-0.2, -0.15) is 0 Å². The van der Waals surface area contributed by atoms with Crippen LogP contribution in [0.1, 0.15) is 11.1 Å². The van der Waals surface area contributed by atoms with Crippen LogP contribution in [0, 0.1) is 13.8 Å². The predicted octanol–water partition coefficient (Wildman–Crippen LogP) is 3.65. The van der Waals surface area contributed by atoms with Crippen LogP contribution in [0.3, 0.4) is 0 Å². The molecule has 3 aromatic rings. The molecule has 22 heavy (non-hydrogen) atoms. The Bertz CT molecular complexity index is 950. The number of sulfonamides is 1. The Labute approximate surface area is 129 Å². The van der Waals surface area contributed by atoms with Crippen molar-refractivity contribution in [3.05, 3.63) is 65.9 Å². The molecule has 0 aliphatic rings. The van der Waals surface area contributed by atoms with Crippen LogP contribution in [-0.4, -0.2) is 13.4 Å². The summed E-state index contributed by atoms with van der Waals surface area (Å²) in [5.74, 6) is 0. The monoisotopic (exact) mass is 312 g/mol. The second-order valence-corrected chi connectivity index (χ2v) is 6.85. The van der Waals surface area contributed by atoms with Crippen LogP contribution in [0.5, 0.6) is 0 Å². The molecule has 4 nitrogen and oxygen atoms in total. The summed E-state index contributed by atoms with van der Waals surface area (Å²) >= 11 is 0. The van der Waals surface area contributed by atoms with E-state index < -0.39 is 10.0 Å². The second-order valence-electron chi connectivity index (χ2n) is 5.20. The van der Waals surface area contributed by atoms with Crippen molar-refractivity contribution >= 4 is 26.6 Å². The Balaban J connectivity index is 2.14. The van der Waals surface area contributed by atoms with Crippen LogP contribution in [0.4, 0.5) is 5.69 Å². The summed E-state index contributed by atoms with van der Waals surface area (Å²) in [7, 11) is -3.67. The van der Waals surface area contributed by atoms with E-state index in [-0.39, 0.29) is 4.90 Å². The molecule has 0 bridgehead atoms. The summed E-state index contributed by atoms with van der Waals surface area (Å²) in [5, 5.41) is 0.628. The Morgan fingerprint density at radius 1 is 0.909 bits per heavy atom. The first-order chi connectivity index (χ1) is 10.5. The van der Waals surface area contributed by atoms with Gasteiger partial charge < -0.3 is 0 Å². The van der Waals surface area contributed by atoms with Crippen molar-refractivity contribution in [1.82, 2.24) is 4.98 Å². The SMILES string of the molecule is Cc1ccccc1NS(=O)(=O)c1ccc(C)c2ncccc12. The number of nitrogens with one attached hydrogen (secondary N) is 1. The molecule has 0 aliphatic carbocycles. The molecule has 1 N–H and O–H groups in total. The van der Waals surface area contributed by atoms with Crippen molar-refractivity contribution in [1.29, 1.82) is 0 Å². The Kier molecular flexibility index (Phi) is 3.58. The molecule has 0 radical (unpaired) electrons. The maximum atomic E-state index is 12.7. The highest BCUT2D eigenvalue weighted by Crippen LogP contribution is 2.26. The third kappa shape index (κ3) is 2.55. The first-order valence-electron chi connectivity index (χ1n) is 6.92. The normalized spacial score (nSPS) is 11.5. The topological polar surface area (TPSA) is 59.1 Å². The molecule has 0 amide bonds. The number of fused-ring (bicyclic) bond motifs is 1. The lowest BCUT2D eigenvalue weighted by atomic mass is 10.1. The standard InChI is InChI=1S/C17H16N2O2S/c1-12-6-3-4-8-15(12)19-22(20,21)16-10-9-13(2)17-14(16)7-5-11-18-17/h3-11,19H,1-2H3. The third-order valence-electron chi connectivity index (χ3n) is 3.61. The van der Waals surface area contributed by atoms with Crippen LogP contribution in [0.2, 0.25) is 0 Å². The lowest BCUT2D eigenvalue weighted by Crippen LogP contribution is -2.14. The molecular weight excluding hydrogens is 296 g/mol. The molecule has 1 aromatic heterocycles. The quantitative estimate of drug-likeness (QED) is 0.803. The highest BCUT2D eigenvalue weighted by Gasteiger charge is 2.19. The minimum atomic E-state index is -3.67. The molecule has 2 aromatic carbocycles. The van der Waals surface area contributed by atoms with E-state index in [4.69, 9.17) is 0 Å². The number of pyridine rings is 1. The van der Waals surface area contributed by atoms with E-state index in [1.54, 1.807) is 42.6 Å². The van der Waals surface area contributed by atoms with Gasteiger partial charge in [-0.25, -0.2) is 8.42 Å². The number of para-hydroxylation sites is 1. The van der Waals surface area contributed by atoms with E-state index in [0.717, 1.165) is 11.1 Å². The Morgan fingerprint density at radius 3 is 2.45 bits per heavy atom. The van der Waals surface area contributed by atoms with Crippen LogP contribution in [0.15, 0.2) is 59.6 Å². The molecule has 0 spiro atoms. The van der Waals surface area contributed by atoms with Gasteiger partial charge in [0.2, 0.25) is 0 Å². The van der Waals surface area contributed by atoms with Gasteiger partial charge in [-0.05, 0) is 49.2 Å². The summed E-state index contributed by atoms with van der Waals surface area (Å²) in [6.07, 6.45) is 1.67. The lowest BCUT2D eigenvalue weighted by Gasteiger charge is -2.13. The Morgan fingerprint density at radius 2 is 1.68 bits per heavy atom. The fraction of sp³-hybridized carbons (Fsp3) is 0.118. The molecule has 0 saturated heterocycles. The maximum absolute atomic E-state index is 12.7. The molecule has 0 fully saturated rings. The van der Waals surface area contributed by atoms with E-state index >= 15 is 0 Å². The van der Waals surface area contributed by atoms with Crippen molar-refractivity contribution in [2.75, 3.05) is 4.72 Å². The van der Waals surface area contributed by atoms with Crippen molar-refractivity contribution in [3.8, 4) is 0 Å². The van der Waals surface area contributed by atoms with E-state index in [1.807, 2.05) is 26.0 Å². The molecule has 1 heterocycles. The molecular formula is C17H16N2O2S. The predicted molar refractivity (Wildman–Crippen MR) is 88.5 cm³/mol. The molecule has 5 heteroatoms. The van der Waals surface area contributed by atoms with Gasteiger partial charge >= 0.3 is 0 Å². The number of nitrogens with zero attached hydrogens (tertiary/aromatic N) is 1. The summed E-state index contributed by atoms with van der Waals surface area (Å²) in [6.45, 7) is 3.78. The summed E-state index contributed by atoms with van der Waals surface area (Å²) < 4.78 is 28.1. The van der Waals surface area contributed by atoms with Crippen molar-refractivity contribution < 1.29 is 8.42 Å². The van der Waals surface area contributed by atoms with Gasteiger partial charge in [0.05, 0.1) is 16.1 Å². The van der Waals surface area contributed by atoms with E-state index in [0.29, 0.717) is 16.6 Å². The first kappa shape index (κ1) is 14.5. The van der Waals surface area contributed by atoms with Gasteiger partial charge in [-0.3, -0.25) is 9.71 Å². The van der Waals surface area contributed by atoms with Gasteiger partial charge in [-0.1, -0.05) is 24.3 Å². The number of hydrogen-bond acceptors (Lipinski definition) is 3. The van der Waals surface area contributed by atoms with Crippen LogP contribution in [-0.2, 0) is 10.0 Å². The number of aryl methyl sites for hydroxylation is 2. The van der Waals surface area contributed by atoms with E-state index in [2.05, 4.69) is 9.71 Å². The van der Waals surface area contributed by atoms with Crippen molar-refractivity contribution in [2.24, 2.45) is 0 Å². The number of hydrogen-bond donors (Lipinski definition) is 1. The van der Waals surface area contributed by atoms with Crippen molar-refractivity contribution in [3.63, 3.8) is 0 Å². The van der Waals surface area contributed by atoms with Gasteiger partial charge in [0.1, 0.15) is 0 Å². The van der Waals surface area contributed by atoms with Crippen LogP contribution in [0.25, 0.3) is 10.9 Å². The highest BCUT2D eigenvalue weighted by molar-refractivity contribution is 7.93. The van der Waals surface area contributed by atoms with Crippen LogP contribution >= 0.6 is 0 Å². The molecule has 0 unspecified atom stereocenters. The maximum Gasteiger partial charge on any atom is 0.262 e. The smallest absolute Gasteiger partial charge is 0.262 e. The average Bonchev–Trinajstić information content (AvgIpc) is 2.50. The van der Waals surface area contributed by atoms with Gasteiger partial charge in [-0.15, -0.1) is 0 Å². The number of anilines is 1. The second kappa shape index (κ2) is 5.42. The van der Waals surface area contributed by atoms with Crippen LogP contribution < -0.4 is 4.72 Å². The van der Waals surface area contributed by atoms with Gasteiger partial charge in [0.15, 0.2) is 0 Å². The largest absolute Gasteiger partial charge is 0.279 e. The van der Waals surface area contributed by atoms with Crippen molar-refractivity contribution in [2.45, 2.75) is 18.7 Å². The molecule has 0 saturated carbocycles. The van der Waals surface area contributed by atoms with E-state index in [9.17, 15) is 8.42 Å². The Hall–Kier alpha value is -2.40. The minimum Gasteiger partial charge on any atom is -0.279 e. The fourth-order valence-electron chi connectivity index (χ4n) is 2.41. The average molecular weight is 312 g/mol. The molecule has 112 valence electrons. The zero-order chi connectivity index (χ0) is 15.7. The zero-order valence-electron chi connectivity index (χ0n) is 12.4. The molecule has 0 aliphatic heterocycles. The third-order valence-corrected chi connectivity index (χ3v) is 5.03. The highest BCUT2D eigenvalue weighted by atomic mass is 32.2. The number of rotatable bonds is 3. The molecule has 3 rings (SSSR count). The summed E-state index contributed by atoms with van der Waals surface area (Å²) in [4.78, 5) is 4.53. The zero-order valence-corrected chi connectivity index (χ0v) is 13.2. The first-order valence-corrected chi connectivity index (χ1v) is 8.40. The number of benzene rings is 2. The van der Waals surface area contributed by atoms with E-state index in [1.165, 1.54) is 0 Å². The summed E-state index contributed by atoms with van der Waals surface area (Å²) in [6, 6.07) is 14.2. The molecule has 0 atom stereocenters. The lowest BCUT2D eigenvalue weighted by molar-refractivity contribution is 0.602.